The lowest BCUT2D eigenvalue weighted by Gasteiger charge is -2.44. The summed E-state index contributed by atoms with van der Waals surface area (Å²) in [5.74, 6) is 0. The fourth-order valence-corrected chi connectivity index (χ4v) is 3.85. The van der Waals surface area contributed by atoms with Crippen molar-refractivity contribution in [3.05, 3.63) is 71.8 Å². The number of likely N-dealkylation sites (tertiary alicyclic amines) is 1. The smallest absolute Gasteiger partial charge is 0.410 e. The molecule has 158 valence electrons. The van der Waals surface area contributed by atoms with Crippen LogP contribution in [-0.2, 0) is 17.8 Å². The second kappa shape index (κ2) is 9.32. The van der Waals surface area contributed by atoms with Crippen LogP contribution in [0, 0.1) is 11.3 Å². The van der Waals surface area contributed by atoms with Gasteiger partial charge in [0, 0.05) is 26.2 Å². The summed E-state index contributed by atoms with van der Waals surface area (Å²) >= 11 is 0. The highest BCUT2D eigenvalue weighted by molar-refractivity contribution is 5.68. The molecule has 1 fully saturated rings. The maximum Gasteiger partial charge on any atom is 0.410 e. The van der Waals surface area contributed by atoms with E-state index in [9.17, 15) is 10.1 Å². The van der Waals surface area contributed by atoms with E-state index in [0.29, 0.717) is 39.0 Å². The van der Waals surface area contributed by atoms with Gasteiger partial charge in [0.05, 0.1) is 6.07 Å². The fraction of sp³-hybridized carbons (Fsp3) is 0.440. The van der Waals surface area contributed by atoms with Crippen LogP contribution in [0.3, 0.4) is 0 Å². The predicted octanol–water partition coefficient (Wildman–Crippen LogP) is 4.98. The topological polar surface area (TPSA) is 56.6 Å². The molecule has 3 rings (SSSR count). The number of rotatable bonds is 5. The van der Waals surface area contributed by atoms with Gasteiger partial charge in [-0.2, -0.15) is 5.26 Å². The van der Waals surface area contributed by atoms with E-state index >= 15 is 0 Å². The molecular formula is C25H31N3O2. The third-order valence-electron chi connectivity index (χ3n) is 5.49. The van der Waals surface area contributed by atoms with Crippen molar-refractivity contribution in [1.29, 1.82) is 5.26 Å². The standard InChI is InChI=1S/C25H31N3O2/c1-24(2,3)30-23(29)27-16-14-25(20-26,15-17-27)28(18-21-10-6-4-7-11-21)19-22-12-8-5-9-13-22/h4-13H,14-19H2,1-3H3. The molecule has 1 aliphatic heterocycles. The van der Waals surface area contributed by atoms with Gasteiger partial charge in [-0.15, -0.1) is 0 Å². The lowest BCUT2D eigenvalue weighted by Crippen LogP contribution is -2.55. The van der Waals surface area contributed by atoms with Gasteiger partial charge in [0.1, 0.15) is 11.1 Å². The Kier molecular flexibility index (Phi) is 6.79. The summed E-state index contributed by atoms with van der Waals surface area (Å²) in [6.45, 7) is 8.03. The highest BCUT2D eigenvalue weighted by Crippen LogP contribution is 2.32. The van der Waals surface area contributed by atoms with Gasteiger partial charge < -0.3 is 9.64 Å². The monoisotopic (exact) mass is 405 g/mol. The van der Waals surface area contributed by atoms with Gasteiger partial charge in [-0.3, -0.25) is 4.90 Å². The molecule has 1 amide bonds. The first-order valence-electron chi connectivity index (χ1n) is 10.5. The SMILES string of the molecule is CC(C)(C)OC(=O)N1CCC(C#N)(N(Cc2ccccc2)Cc2ccccc2)CC1. The van der Waals surface area contributed by atoms with E-state index < -0.39 is 11.1 Å². The third-order valence-corrected chi connectivity index (χ3v) is 5.49. The zero-order chi connectivity index (χ0) is 21.6. The van der Waals surface area contributed by atoms with Crippen molar-refractivity contribution in [2.45, 2.75) is 57.8 Å². The molecule has 1 heterocycles. The molecule has 5 nitrogen and oxygen atoms in total. The van der Waals surface area contributed by atoms with Crippen molar-refractivity contribution in [1.82, 2.24) is 9.80 Å². The van der Waals surface area contributed by atoms with E-state index in [-0.39, 0.29) is 6.09 Å². The molecule has 0 atom stereocenters. The molecule has 0 saturated carbocycles. The van der Waals surface area contributed by atoms with E-state index in [1.165, 1.54) is 11.1 Å². The van der Waals surface area contributed by atoms with Crippen molar-refractivity contribution in [2.75, 3.05) is 13.1 Å². The second-order valence-corrected chi connectivity index (χ2v) is 8.94. The molecule has 0 unspecified atom stereocenters. The number of carbonyl (C=O) groups is 1. The van der Waals surface area contributed by atoms with Gasteiger partial charge in [0.25, 0.3) is 0 Å². The van der Waals surface area contributed by atoms with E-state index in [1.807, 2.05) is 57.2 Å². The highest BCUT2D eigenvalue weighted by Gasteiger charge is 2.42. The van der Waals surface area contributed by atoms with Crippen LogP contribution in [0.5, 0.6) is 0 Å². The lowest BCUT2D eigenvalue weighted by molar-refractivity contribution is 0.00297. The summed E-state index contributed by atoms with van der Waals surface area (Å²) in [6, 6.07) is 23.1. The Hall–Kier alpha value is -2.84. The van der Waals surface area contributed by atoms with Crippen molar-refractivity contribution >= 4 is 6.09 Å². The zero-order valence-corrected chi connectivity index (χ0v) is 18.2. The minimum atomic E-state index is -0.621. The van der Waals surface area contributed by atoms with Gasteiger partial charge in [-0.05, 0) is 44.7 Å². The van der Waals surface area contributed by atoms with Gasteiger partial charge in [0.2, 0.25) is 0 Å². The molecule has 0 aromatic heterocycles. The number of ether oxygens (including phenoxy) is 1. The van der Waals surface area contributed by atoms with Crippen LogP contribution < -0.4 is 0 Å². The quantitative estimate of drug-likeness (QED) is 0.704. The molecular weight excluding hydrogens is 374 g/mol. The molecule has 0 spiro atoms. The van der Waals surface area contributed by atoms with E-state index in [2.05, 4.69) is 35.2 Å². The molecule has 1 saturated heterocycles. The molecule has 2 aromatic carbocycles. The number of piperidine rings is 1. The van der Waals surface area contributed by atoms with E-state index in [1.54, 1.807) is 4.90 Å². The van der Waals surface area contributed by atoms with Crippen LogP contribution in [0.1, 0.15) is 44.7 Å². The summed E-state index contributed by atoms with van der Waals surface area (Å²) in [5.41, 5.74) is 1.22. The van der Waals surface area contributed by atoms with Crippen LogP contribution in [0.25, 0.3) is 0 Å². The Morgan fingerprint density at radius 2 is 1.47 bits per heavy atom. The Labute approximate surface area is 179 Å². The lowest BCUT2D eigenvalue weighted by atomic mass is 9.86. The van der Waals surface area contributed by atoms with Gasteiger partial charge >= 0.3 is 6.09 Å². The average Bonchev–Trinajstić information content (AvgIpc) is 2.73. The molecule has 2 aromatic rings. The Balaban J connectivity index is 1.78. The molecule has 5 heteroatoms. The molecule has 0 bridgehead atoms. The third kappa shape index (κ3) is 5.61. The van der Waals surface area contributed by atoms with Crippen molar-refractivity contribution in [2.24, 2.45) is 0 Å². The minimum Gasteiger partial charge on any atom is -0.444 e. The average molecular weight is 406 g/mol. The maximum atomic E-state index is 12.5. The number of nitrogens with zero attached hydrogens (tertiary/aromatic N) is 3. The van der Waals surface area contributed by atoms with Crippen LogP contribution >= 0.6 is 0 Å². The summed E-state index contributed by atoms with van der Waals surface area (Å²) < 4.78 is 5.52. The predicted molar refractivity (Wildman–Crippen MR) is 118 cm³/mol. The molecule has 0 N–H and O–H groups in total. The Bertz CT molecular complexity index is 819. The number of carbonyl (C=O) groups excluding carboxylic acids is 1. The first kappa shape index (κ1) is 21.9. The molecule has 0 radical (unpaired) electrons. The first-order chi connectivity index (χ1) is 14.3. The summed E-state index contributed by atoms with van der Waals surface area (Å²) in [6.07, 6.45) is 0.900. The zero-order valence-electron chi connectivity index (χ0n) is 18.2. The van der Waals surface area contributed by atoms with Crippen LogP contribution in [0.4, 0.5) is 4.79 Å². The summed E-state index contributed by atoms with van der Waals surface area (Å²) in [5, 5.41) is 10.3. The van der Waals surface area contributed by atoms with Gasteiger partial charge in [0.15, 0.2) is 0 Å². The molecule has 30 heavy (non-hydrogen) atoms. The van der Waals surface area contributed by atoms with Gasteiger partial charge in [-0.1, -0.05) is 60.7 Å². The van der Waals surface area contributed by atoms with Crippen LogP contribution in [0.2, 0.25) is 0 Å². The van der Waals surface area contributed by atoms with Crippen LogP contribution in [-0.4, -0.2) is 40.1 Å². The summed E-state index contributed by atoms with van der Waals surface area (Å²) in [4.78, 5) is 16.5. The van der Waals surface area contributed by atoms with Crippen molar-refractivity contribution in [3.63, 3.8) is 0 Å². The van der Waals surface area contributed by atoms with Crippen LogP contribution in [0.15, 0.2) is 60.7 Å². The second-order valence-electron chi connectivity index (χ2n) is 8.94. The highest BCUT2D eigenvalue weighted by atomic mass is 16.6. The largest absolute Gasteiger partial charge is 0.444 e. The normalized spacial score (nSPS) is 16.2. The number of amides is 1. The minimum absolute atomic E-state index is 0.299. The first-order valence-corrected chi connectivity index (χ1v) is 10.5. The fourth-order valence-electron chi connectivity index (χ4n) is 3.85. The van der Waals surface area contributed by atoms with E-state index in [0.717, 1.165) is 0 Å². The number of hydrogen-bond acceptors (Lipinski definition) is 4. The van der Waals surface area contributed by atoms with Crippen molar-refractivity contribution < 1.29 is 9.53 Å². The maximum absolute atomic E-state index is 12.5. The van der Waals surface area contributed by atoms with E-state index in [4.69, 9.17) is 4.74 Å². The number of nitriles is 1. The molecule has 1 aliphatic rings. The molecule has 0 aliphatic carbocycles. The Morgan fingerprint density at radius 3 is 1.87 bits per heavy atom. The van der Waals surface area contributed by atoms with Gasteiger partial charge in [-0.25, -0.2) is 4.79 Å². The van der Waals surface area contributed by atoms with Crippen molar-refractivity contribution in [3.8, 4) is 6.07 Å². The number of hydrogen-bond donors (Lipinski definition) is 0. The summed E-state index contributed by atoms with van der Waals surface area (Å²) in [7, 11) is 0. The Morgan fingerprint density at radius 1 is 1.00 bits per heavy atom. The number of benzene rings is 2.